The van der Waals surface area contributed by atoms with E-state index < -0.39 is 82.3 Å². The molecular weight excluding hydrogens is 1730 g/mol. The summed E-state index contributed by atoms with van der Waals surface area (Å²) in [5, 5.41) is 1.48. The van der Waals surface area contributed by atoms with Gasteiger partial charge in [-0.1, -0.05) is 94.6 Å². The van der Waals surface area contributed by atoms with Crippen LogP contribution in [0.1, 0.15) is 154 Å². The van der Waals surface area contributed by atoms with Crippen LogP contribution in [0.4, 0.5) is 39.5 Å². The molecule has 6 aromatic rings. The molecule has 0 fully saturated rings. The first kappa shape index (κ1) is 92.0. The number of benzene rings is 6. The molecule has 108 heavy (non-hydrogen) atoms. The first-order valence-corrected chi connectivity index (χ1v) is 47.0. The second kappa shape index (κ2) is 40.4. The molecule has 42 heteroatoms. The van der Waals surface area contributed by atoms with Gasteiger partial charge in [0.15, 0.2) is 0 Å². The Morgan fingerprint density at radius 1 is 0.370 bits per heavy atom. The molecule has 6 aromatic carbocycles. The molecule has 3 aliphatic heterocycles. The van der Waals surface area contributed by atoms with Crippen LogP contribution < -0.4 is 0 Å². The summed E-state index contributed by atoms with van der Waals surface area (Å²) in [5.41, 5.74) is -15.9. The molecule has 0 saturated heterocycles. The van der Waals surface area contributed by atoms with Crippen LogP contribution in [0.2, 0.25) is 0 Å². The molecule has 6 unspecified atom stereocenters. The Morgan fingerprint density at radius 2 is 0.704 bits per heavy atom. The van der Waals surface area contributed by atoms with Crippen molar-refractivity contribution in [2.75, 3.05) is 69.0 Å². The van der Waals surface area contributed by atoms with Gasteiger partial charge in [0, 0.05) is 82.2 Å². The van der Waals surface area contributed by atoms with Gasteiger partial charge < -0.3 is 0 Å². The Labute approximate surface area is 677 Å². The summed E-state index contributed by atoms with van der Waals surface area (Å²) in [6, 6.07) is 23.6. The van der Waals surface area contributed by atoms with Crippen molar-refractivity contribution in [1.29, 1.82) is 0 Å². The maximum absolute atomic E-state index is 13.5. The van der Waals surface area contributed by atoms with Gasteiger partial charge in [0.25, 0.3) is 35.4 Å². The predicted octanol–water partition coefficient (Wildman–Crippen LogP) is 17.3. The average Bonchev–Trinajstić information content (AvgIpc) is 0.741. The molecule has 9 rings (SSSR count). The van der Waals surface area contributed by atoms with Gasteiger partial charge in [-0.15, -0.1) is 28.0 Å². The fourth-order valence-corrected chi connectivity index (χ4v) is 23.0. The van der Waals surface area contributed by atoms with Crippen LogP contribution in [0, 0.1) is 0 Å². The summed E-state index contributed by atoms with van der Waals surface area (Å²) >= 11 is 36.0. The second-order valence-electron chi connectivity index (χ2n) is 23.3. The molecule has 18 nitrogen and oxygen atoms in total. The molecule has 594 valence electrons. The number of hydrogen-bond acceptors (Lipinski definition) is 27. The molecule has 6 amide bonds. The lowest BCUT2D eigenvalue weighted by Crippen LogP contribution is -2.45. The Bertz CT molecular complexity index is 4580. The standard InChI is InChI=1S/3C22H24F3NO5S5/c1-2-4-17(34-9-7-32)19(35-10-8-33)14-11-13-5-3-6-15-18(13)16(12-14)21(28)26(20(15)27)31-36(29,30)22(23,24)25;1-2-4-17(34-11-9-32)19(35-12-10-33)14-7-8-16-18-13(14)5-3-6-15(18)20(27)26(21(16)28)31-36(29,30)22(23,24)25;1-2-4-16(34-11-9-32)19(35-12-10-33)14-8-7-13-5-3-6-15-17(13)18(14)21(28)26(20(15)27)31-36(29,30)22(23,24)25/h3,5-6,11-12,17,19,32-33H,2,4,7-10H2,1H3;3,5-8,17,19,32-33H,2,4,9-12H2,1H3;3,5-8,16,19,32-33H,2,4,9-12H2,1H3. The van der Waals surface area contributed by atoms with E-state index in [4.69, 9.17) is 0 Å². The quantitative estimate of drug-likeness (QED) is 0.00927. The highest BCUT2D eigenvalue weighted by Crippen LogP contribution is 2.49. The monoisotopic (exact) mass is 1800 g/mol. The summed E-state index contributed by atoms with van der Waals surface area (Å²) in [5.74, 6) is 0.678. The summed E-state index contributed by atoms with van der Waals surface area (Å²) in [4.78, 5) is 78.4. The van der Waals surface area contributed by atoms with Crippen molar-refractivity contribution in [3.05, 3.63) is 141 Å². The van der Waals surface area contributed by atoms with Gasteiger partial charge in [0.2, 0.25) is 0 Å². The number of carbonyl (C=O) groups is 6. The van der Waals surface area contributed by atoms with Crippen molar-refractivity contribution < 1.29 is 106 Å². The molecule has 3 heterocycles. The number of thiol groups is 6. The van der Waals surface area contributed by atoms with Gasteiger partial charge in [-0.25, -0.2) is 0 Å². The third kappa shape index (κ3) is 21.3. The van der Waals surface area contributed by atoms with E-state index in [0.29, 0.717) is 67.7 Å². The number of alkyl halides is 9. The van der Waals surface area contributed by atoms with E-state index in [0.717, 1.165) is 72.7 Å². The first-order valence-electron chi connectivity index (χ1n) is 32.6. The lowest BCUT2D eigenvalue weighted by Gasteiger charge is -2.32. The van der Waals surface area contributed by atoms with Gasteiger partial charge in [-0.05, 0) is 123 Å². The molecule has 0 spiro atoms. The number of imide groups is 3. The maximum atomic E-state index is 13.5. The summed E-state index contributed by atoms with van der Waals surface area (Å²) in [6.45, 7) is 6.18. The van der Waals surface area contributed by atoms with Crippen LogP contribution in [0.5, 0.6) is 0 Å². The molecule has 3 aliphatic rings. The van der Waals surface area contributed by atoms with Crippen molar-refractivity contribution in [1.82, 2.24) is 15.2 Å². The van der Waals surface area contributed by atoms with Gasteiger partial charge in [0.05, 0.1) is 33.4 Å². The van der Waals surface area contributed by atoms with Gasteiger partial charge in [-0.3, -0.25) is 28.8 Å². The molecule has 0 radical (unpaired) electrons. The minimum absolute atomic E-state index is 0.0172. The third-order valence-electron chi connectivity index (χ3n) is 16.1. The van der Waals surface area contributed by atoms with Crippen molar-refractivity contribution >= 4 is 244 Å². The number of halogens is 9. The Balaban J connectivity index is 0.000000226. The van der Waals surface area contributed by atoms with E-state index in [1.165, 1.54) is 42.5 Å². The highest BCUT2D eigenvalue weighted by Gasteiger charge is 2.55. The fraction of sp³-hybridized carbons (Fsp3) is 0.455. The zero-order chi connectivity index (χ0) is 80.0. The lowest BCUT2D eigenvalue weighted by molar-refractivity contribution is -0.0768. The molecule has 0 bridgehead atoms. The number of carbonyl (C=O) groups excluding carboxylic acids is 6. The number of thioether (sulfide) groups is 6. The Kier molecular flexibility index (Phi) is 34.4. The number of hydroxylamine groups is 6. The van der Waals surface area contributed by atoms with Crippen molar-refractivity contribution in [2.24, 2.45) is 0 Å². The fourth-order valence-electron chi connectivity index (χ4n) is 11.8. The van der Waals surface area contributed by atoms with Crippen molar-refractivity contribution in [3.63, 3.8) is 0 Å². The number of amides is 6. The summed E-state index contributed by atoms with van der Waals surface area (Å²) in [6.07, 6.45) is 5.29. The van der Waals surface area contributed by atoms with Gasteiger partial charge >= 0.3 is 46.9 Å². The van der Waals surface area contributed by atoms with Crippen LogP contribution >= 0.6 is 146 Å². The zero-order valence-corrected chi connectivity index (χ0v) is 69.8. The molecule has 0 aliphatic carbocycles. The minimum Gasteiger partial charge on any atom is -0.266 e. The summed E-state index contributed by atoms with van der Waals surface area (Å²) < 4.78 is 198. The largest absolute Gasteiger partial charge is 0.525 e. The molecule has 0 aromatic heterocycles. The Hall–Kier alpha value is -3.18. The van der Waals surface area contributed by atoms with Crippen LogP contribution in [0.3, 0.4) is 0 Å². The van der Waals surface area contributed by atoms with Crippen molar-refractivity contribution in [3.8, 4) is 0 Å². The van der Waals surface area contributed by atoms with E-state index in [1.54, 1.807) is 113 Å². The first-order chi connectivity index (χ1) is 50.9. The zero-order valence-electron chi connectivity index (χ0n) is 57.1. The third-order valence-corrected chi connectivity index (χ3v) is 30.8. The van der Waals surface area contributed by atoms with Crippen LogP contribution in [-0.4, -0.2) is 177 Å². The number of nitrogens with zero attached hydrogens (tertiary/aromatic N) is 3. The van der Waals surface area contributed by atoms with Crippen LogP contribution in [0.25, 0.3) is 32.3 Å². The maximum Gasteiger partial charge on any atom is 0.525 e. The molecule has 0 saturated carbocycles. The highest BCUT2D eigenvalue weighted by atomic mass is 32.2. The summed E-state index contributed by atoms with van der Waals surface area (Å²) in [7, 11) is -18.7. The van der Waals surface area contributed by atoms with Crippen LogP contribution in [0.15, 0.2) is 91.0 Å². The number of rotatable bonds is 36. The molecule has 6 atom stereocenters. The van der Waals surface area contributed by atoms with Gasteiger partial charge in [0.1, 0.15) is 0 Å². The van der Waals surface area contributed by atoms with E-state index in [9.17, 15) is 93.5 Å². The minimum atomic E-state index is -6.26. The van der Waals surface area contributed by atoms with E-state index in [1.807, 2.05) is 13.0 Å². The van der Waals surface area contributed by atoms with Crippen molar-refractivity contribution in [2.45, 2.75) is 107 Å². The topological polar surface area (TPSA) is 242 Å². The van der Waals surface area contributed by atoms with E-state index >= 15 is 0 Å². The lowest BCUT2D eigenvalue weighted by atomic mass is 9.89. The van der Waals surface area contributed by atoms with Gasteiger partial charge in [-0.2, -0.15) is 211 Å². The number of hydrogen-bond donors (Lipinski definition) is 6. The normalized spacial score (nSPS) is 16.0. The molecule has 0 N–H and O–H groups in total. The second-order valence-corrected chi connectivity index (χ2v) is 38.3. The van der Waals surface area contributed by atoms with Crippen LogP contribution in [-0.2, 0) is 43.2 Å². The molecular formula is C66H72F9N3O15S15. The average molecular weight is 1800 g/mol. The SMILES string of the molecule is CCCC(SCCS)C(SCCS)c1cc2c3c(cccc3c1)C(=O)N(OS(=O)(=O)C(F)(F)F)C2=O.CCCC(SCCS)C(SCCS)c1ccc2c3c(cccc13)C(=O)N(OS(=O)(=O)C(F)(F)F)C2=O.CCCC(SCCS)C(SCCS)c1ccc2cccc3c2c1C(=O)N(OS(=O)(=O)C(F)(F)F)C3=O. The highest BCUT2D eigenvalue weighted by molar-refractivity contribution is 8.05. The smallest absolute Gasteiger partial charge is 0.266 e. The van der Waals surface area contributed by atoms with E-state index in [2.05, 4.69) is 102 Å². The van der Waals surface area contributed by atoms with E-state index in [-0.39, 0.29) is 96.2 Å². The Morgan fingerprint density at radius 3 is 1.12 bits per heavy atom. The predicted molar refractivity (Wildman–Crippen MR) is 434 cm³/mol.